The van der Waals surface area contributed by atoms with Crippen molar-refractivity contribution in [2.24, 2.45) is 0 Å². The summed E-state index contributed by atoms with van der Waals surface area (Å²) in [4.78, 5) is 32.1. The van der Waals surface area contributed by atoms with E-state index in [1.807, 2.05) is 51.1 Å². The lowest BCUT2D eigenvalue weighted by atomic mass is 9.99. The predicted octanol–water partition coefficient (Wildman–Crippen LogP) is 2.34. The van der Waals surface area contributed by atoms with Crippen molar-refractivity contribution in [2.45, 2.75) is 76.8 Å². The lowest BCUT2D eigenvalue weighted by Gasteiger charge is -2.35. The molecule has 2 heterocycles. The molecule has 31 heavy (non-hydrogen) atoms. The van der Waals surface area contributed by atoms with Crippen LogP contribution in [-0.4, -0.2) is 60.3 Å². The van der Waals surface area contributed by atoms with E-state index in [0.29, 0.717) is 26.2 Å². The smallest absolute Gasteiger partial charge is 0.410 e. The van der Waals surface area contributed by atoms with E-state index in [1.165, 1.54) is 0 Å². The number of nitrogens with zero attached hydrogens (tertiary/aromatic N) is 1. The van der Waals surface area contributed by atoms with Crippen LogP contribution < -0.4 is 16.1 Å². The van der Waals surface area contributed by atoms with Gasteiger partial charge in [0.15, 0.2) is 0 Å². The molecule has 2 aliphatic heterocycles. The summed E-state index contributed by atoms with van der Waals surface area (Å²) in [7, 11) is 0. The molecule has 2 amide bonds. The first kappa shape index (κ1) is 23.5. The molecule has 172 valence electrons. The fourth-order valence-electron chi connectivity index (χ4n) is 3.83. The van der Waals surface area contributed by atoms with Gasteiger partial charge < -0.3 is 20.3 Å². The lowest BCUT2D eigenvalue weighted by molar-refractivity contribution is -0.125. The van der Waals surface area contributed by atoms with E-state index in [1.54, 1.807) is 4.90 Å². The van der Waals surface area contributed by atoms with Gasteiger partial charge in [-0.2, -0.15) is 5.48 Å². The monoisotopic (exact) mass is 432 g/mol. The fraction of sp³-hybridized carbons (Fsp3) is 0.652. The maximum atomic E-state index is 12.6. The molecular weight excluding hydrogens is 396 g/mol. The molecular formula is C23H36N4O4. The number of hydrogen-bond donors (Lipinski definition) is 3. The Bertz CT molecular complexity index is 706. The summed E-state index contributed by atoms with van der Waals surface area (Å²) in [6.45, 7) is 8.00. The molecule has 0 bridgehead atoms. The predicted molar refractivity (Wildman–Crippen MR) is 118 cm³/mol. The largest absolute Gasteiger partial charge is 0.444 e. The Balaban J connectivity index is 1.31. The van der Waals surface area contributed by atoms with Crippen LogP contribution in [0.4, 0.5) is 4.79 Å². The van der Waals surface area contributed by atoms with Crippen molar-refractivity contribution in [1.82, 2.24) is 21.0 Å². The van der Waals surface area contributed by atoms with Crippen molar-refractivity contribution in [3.8, 4) is 0 Å². The number of benzene rings is 1. The maximum absolute atomic E-state index is 12.6. The number of hydroxylamine groups is 1. The second-order valence-corrected chi connectivity index (χ2v) is 9.38. The van der Waals surface area contributed by atoms with Crippen molar-refractivity contribution in [3.05, 3.63) is 35.9 Å². The van der Waals surface area contributed by atoms with Gasteiger partial charge in [-0.15, -0.1) is 0 Å². The van der Waals surface area contributed by atoms with E-state index in [2.05, 4.69) is 16.1 Å². The summed E-state index contributed by atoms with van der Waals surface area (Å²) in [5, 5.41) is 6.46. The highest BCUT2D eigenvalue weighted by atomic mass is 16.6. The number of carbonyl (C=O) groups is 2. The zero-order chi connectivity index (χ0) is 22.3. The minimum Gasteiger partial charge on any atom is -0.444 e. The van der Waals surface area contributed by atoms with Gasteiger partial charge in [0.2, 0.25) is 5.91 Å². The van der Waals surface area contributed by atoms with Gasteiger partial charge in [-0.1, -0.05) is 30.3 Å². The standard InChI is InChI=1S/C23H36N4O4/c1-23(2,3)31-22(29)27-13-11-18(12-14-27)25-21(28)20-10-9-19(15-24-20)26-30-16-17-7-5-4-6-8-17/h4-8,18-20,24,26H,9-16H2,1-3H3,(H,25,28)/t19-,20+/m1/s1. The van der Waals surface area contributed by atoms with Crippen LogP contribution in [0.5, 0.6) is 0 Å². The molecule has 0 saturated carbocycles. The second kappa shape index (κ2) is 10.9. The third-order valence-corrected chi connectivity index (χ3v) is 5.56. The van der Waals surface area contributed by atoms with Gasteiger partial charge in [-0.05, 0) is 52.0 Å². The van der Waals surface area contributed by atoms with Gasteiger partial charge in [-0.3, -0.25) is 9.63 Å². The van der Waals surface area contributed by atoms with Crippen LogP contribution in [0.3, 0.4) is 0 Å². The van der Waals surface area contributed by atoms with Crippen molar-refractivity contribution < 1.29 is 19.2 Å². The molecule has 1 aromatic rings. The molecule has 0 aliphatic carbocycles. The molecule has 0 spiro atoms. The normalized spacial score (nSPS) is 22.7. The molecule has 2 saturated heterocycles. The molecule has 8 heteroatoms. The minimum absolute atomic E-state index is 0.0411. The van der Waals surface area contributed by atoms with Gasteiger partial charge in [-0.25, -0.2) is 4.79 Å². The quantitative estimate of drug-likeness (QED) is 0.598. The van der Waals surface area contributed by atoms with Gasteiger partial charge in [0.25, 0.3) is 0 Å². The highest BCUT2D eigenvalue weighted by Crippen LogP contribution is 2.16. The second-order valence-electron chi connectivity index (χ2n) is 9.38. The van der Waals surface area contributed by atoms with Gasteiger partial charge in [0.1, 0.15) is 5.60 Å². The van der Waals surface area contributed by atoms with Crippen molar-refractivity contribution in [2.75, 3.05) is 19.6 Å². The zero-order valence-corrected chi connectivity index (χ0v) is 18.9. The van der Waals surface area contributed by atoms with Gasteiger partial charge >= 0.3 is 6.09 Å². The van der Waals surface area contributed by atoms with Crippen molar-refractivity contribution in [1.29, 1.82) is 0 Å². The number of ether oxygens (including phenoxy) is 1. The topological polar surface area (TPSA) is 91.9 Å². The molecule has 3 rings (SSSR count). The Morgan fingerprint density at radius 2 is 1.77 bits per heavy atom. The Morgan fingerprint density at radius 1 is 1.06 bits per heavy atom. The van der Waals surface area contributed by atoms with Crippen LogP contribution >= 0.6 is 0 Å². The number of amides is 2. The van der Waals surface area contributed by atoms with Gasteiger partial charge in [0.05, 0.1) is 12.6 Å². The average molecular weight is 433 g/mol. The first-order valence-corrected chi connectivity index (χ1v) is 11.2. The molecule has 1 aromatic carbocycles. The Labute approximate surface area is 185 Å². The van der Waals surface area contributed by atoms with E-state index < -0.39 is 5.60 Å². The summed E-state index contributed by atoms with van der Waals surface area (Å²) < 4.78 is 5.43. The minimum atomic E-state index is -0.492. The maximum Gasteiger partial charge on any atom is 0.410 e. The molecule has 0 aromatic heterocycles. The molecule has 0 radical (unpaired) electrons. The van der Waals surface area contributed by atoms with E-state index >= 15 is 0 Å². The van der Waals surface area contributed by atoms with Crippen LogP contribution in [0.1, 0.15) is 52.0 Å². The van der Waals surface area contributed by atoms with Gasteiger partial charge in [0, 0.05) is 31.7 Å². The fourth-order valence-corrected chi connectivity index (χ4v) is 3.83. The van der Waals surface area contributed by atoms with Crippen LogP contribution in [0.25, 0.3) is 0 Å². The Morgan fingerprint density at radius 3 is 2.39 bits per heavy atom. The number of nitrogens with one attached hydrogen (secondary N) is 3. The number of piperidine rings is 2. The zero-order valence-electron chi connectivity index (χ0n) is 18.9. The van der Waals surface area contributed by atoms with E-state index in [0.717, 1.165) is 31.2 Å². The van der Waals surface area contributed by atoms with E-state index in [-0.39, 0.29) is 30.1 Å². The van der Waals surface area contributed by atoms with Crippen LogP contribution in [0, 0.1) is 0 Å². The van der Waals surface area contributed by atoms with Crippen LogP contribution in [0.15, 0.2) is 30.3 Å². The molecule has 0 unspecified atom stereocenters. The van der Waals surface area contributed by atoms with Crippen molar-refractivity contribution >= 4 is 12.0 Å². The lowest BCUT2D eigenvalue weighted by Crippen LogP contribution is -2.56. The third kappa shape index (κ3) is 7.79. The SMILES string of the molecule is CC(C)(C)OC(=O)N1CCC(NC(=O)[C@@H]2CC[C@@H](NOCc3ccccc3)CN2)CC1. The highest BCUT2D eigenvalue weighted by molar-refractivity contribution is 5.82. The third-order valence-electron chi connectivity index (χ3n) is 5.56. The summed E-state index contributed by atoms with van der Waals surface area (Å²) in [6, 6.07) is 10.1. The summed E-state index contributed by atoms with van der Waals surface area (Å²) >= 11 is 0. The number of rotatable bonds is 6. The van der Waals surface area contributed by atoms with Crippen LogP contribution in [0.2, 0.25) is 0 Å². The molecule has 3 N–H and O–H groups in total. The molecule has 2 atom stereocenters. The van der Waals surface area contributed by atoms with E-state index in [9.17, 15) is 9.59 Å². The number of hydrogen-bond acceptors (Lipinski definition) is 6. The highest BCUT2D eigenvalue weighted by Gasteiger charge is 2.30. The summed E-state index contributed by atoms with van der Waals surface area (Å²) in [6.07, 6.45) is 2.84. The van der Waals surface area contributed by atoms with Crippen LogP contribution in [-0.2, 0) is 21.0 Å². The molecule has 8 nitrogen and oxygen atoms in total. The number of carbonyl (C=O) groups excluding carboxylic acids is 2. The summed E-state index contributed by atoms with van der Waals surface area (Å²) in [5.41, 5.74) is 3.73. The Kier molecular flexibility index (Phi) is 8.28. The molecule has 2 fully saturated rings. The van der Waals surface area contributed by atoms with Crippen molar-refractivity contribution in [3.63, 3.8) is 0 Å². The first-order valence-electron chi connectivity index (χ1n) is 11.2. The average Bonchev–Trinajstić information content (AvgIpc) is 2.74. The first-order chi connectivity index (χ1) is 14.8. The summed E-state index contributed by atoms with van der Waals surface area (Å²) in [5.74, 6) is 0.0411. The molecule has 2 aliphatic rings. The van der Waals surface area contributed by atoms with E-state index in [4.69, 9.17) is 9.57 Å². The number of likely N-dealkylation sites (tertiary alicyclic amines) is 1. The Hall–Kier alpha value is -2.16.